The van der Waals surface area contributed by atoms with Gasteiger partial charge in [0.05, 0.1) is 0 Å². The van der Waals surface area contributed by atoms with E-state index in [9.17, 15) is 0 Å². The Kier molecular flexibility index (Phi) is 3.80. The molecule has 0 amide bonds. The van der Waals surface area contributed by atoms with Crippen molar-refractivity contribution in [1.82, 2.24) is 0 Å². The van der Waals surface area contributed by atoms with Gasteiger partial charge in [0.25, 0.3) is 0 Å². The maximum absolute atomic E-state index is 5.80. The molecule has 88 valence electrons. The smallest absolute Gasteiger partial charge is 0.0325 e. The average Bonchev–Trinajstić information content (AvgIpc) is 2.15. The summed E-state index contributed by atoms with van der Waals surface area (Å²) in [4.78, 5) is 1.33. The normalized spacial score (nSPS) is 30.2. The van der Waals surface area contributed by atoms with E-state index in [1.54, 1.807) is 0 Å². The first kappa shape index (κ1) is 11.8. The summed E-state index contributed by atoms with van der Waals surface area (Å²) in [6.07, 6.45) is 4.10. The molecule has 1 aromatic rings. The van der Waals surface area contributed by atoms with Gasteiger partial charge in [-0.15, -0.1) is 11.8 Å². The van der Waals surface area contributed by atoms with E-state index in [-0.39, 0.29) is 0 Å². The minimum absolute atomic E-state index is 0.778. The number of hydrogen-bond acceptors (Lipinski definition) is 2. The number of nitrogens with two attached hydrogens (primary N) is 1. The lowest BCUT2D eigenvalue weighted by molar-refractivity contribution is 0.309. The molecule has 2 rings (SSSR count). The van der Waals surface area contributed by atoms with Gasteiger partial charge < -0.3 is 5.73 Å². The molecule has 0 saturated heterocycles. The second kappa shape index (κ2) is 5.13. The zero-order chi connectivity index (χ0) is 11.5. The van der Waals surface area contributed by atoms with Crippen molar-refractivity contribution in [2.24, 2.45) is 11.8 Å². The first-order chi connectivity index (χ1) is 7.63. The van der Waals surface area contributed by atoms with Crippen molar-refractivity contribution in [3.63, 3.8) is 0 Å². The molecule has 2 unspecified atom stereocenters. The highest BCUT2D eigenvalue weighted by atomic mass is 32.2. The summed E-state index contributed by atoms with van der Waals surface area (Å²) in [7, 11) is 0. The Morgan fingerprint density at radius 1 is 1.12 bits per heavy atom. The Morgan fingerprint density at radius 3 is 2.44 bits per heavy atom. The topological polar surface area (TPSA) is 26.0 Å². The van der Waals surface area contributed by atoms with E-state index in [1.165, 1.54) is 24.2 Å². The van der Waals surface area contributed by atoms with Gasteiger partial charge in [-0.2, -0.15) is 0 Å². The van der Waals surface area contributed by atoms with Crippen molar-refractivity contribution in [3.8, 4) is 0 Å². The fourth-order valence-corrected chi connectivity index (χ4v) is 4.35. The summed E-state index contributed by atoms with van der Waals surface area (Å²) < 4.78 is 0. The summed E-state index contributed by atoms with van der Waals surface area (Å²) in [5, 5.41) is 0.778. The number of rotatable bonds is 2. The van der Waals surface area contributed by atoms with Crippen LogP contribution in [-0.2, 0) is 0 Å². The molecule has 1 fully saturated rings. The molecule has 1 aliphatic rings. The van der Waals surface area contributed by atoms with Gasteiger partial charge in [0.15, 0.2) is 0 Å². The quantitative estimate of drug-likeness (QED) is 0.778. The van der Waals surface area contributed by atoms with Crippen LogP contribution in [0.25, 0.3) is 0 Å². The zero-order valence-electron chi connectivity index (χ0n) is 10.1. The molecule has 1 aromatic carbocycles. The minimum atomic E-state index is 0.778. The van der Waals surface area contributed by atoms with Gasteiger partial charge in [-0.3, -0.25) is 0 Å². The highest BCUT2D eigenvalue weighted by Gasteiger charge is 2.24. The second-order valence-electron chi connectivity index (χ2n) is 5.23. The molecule has 2 atom stereocenters. The van der Waals surface area contributed by atoms with E-state index in [0.717, 1.165) is 22.8 Å². The Morgan fingerprint density at radius 2 is 1.81 bits per heavy atom. The Labute approximate surface area is 103 Å². The number of thioether (sulfide) groups is 1. The summed E-state index contributed by atoms with van der Waals surface area (Å²) in [6, 6.07) is 8.27. The third-order valence-electron chi connectivity index (χ3n) is 3.30. The van der Waals surface area contributed by atoms with Gasteiger partial charge in [-0.05, 0) is 49.3 Å². The van der Waals surface area contributed by atoms with Crippen molar-refractivity contribution in [2.75, 3.05) is 5.73 Å². The van der Waals surface area contributed by atoms with Crippen molar-refractivity contribution in [2.45, 2.75) is 43.3 Å². The number of benzene rings is 1. The average molecular weight is 235 g/mol. The fourth-order valence-electron chi connectivity index (χ4n) is 2.75. The monoisotopic (exact) mass is 235 g/mol. The van der Waals surface area contributed by atoms with Crippen molar-refractivity contribution in [1.29, 1.82) is 0 Å². The Hall–Kier alpha value is -0.630. The van der Waals surface area contributed by atoms with E-state index >= 15 is 0 Å². The van der Waals surface area contributed by atoms with E-state index in [2.05, 4.69) is 26.0 Å². The largest absolute Gasteiger partial charge is 0.399 e. The molecule has 16 heavy (non-hydrogen) atoms. The van der Waals surface area contributed by atoms with E-state index in [0.29, 0.717) is 0 Å². The molecular formula is C14H21NS. The van der Waals surface area contributed by atoms with Crippen LogP contribution < -0.4 is 5.73 Å². The predicted octanol–water partition coefficient (Wildman–Crippen LogP) is 4.19. The first-order valence-electron chi connectivity index (χ1n) is 6.15. The van der Waals surface area contributed by atoms with E-state index < -0.39 is 0 Å². The molecule has 2 N–H and O–H groups in total. The molecule has 0 radical (unpaired) electrons. The molecule has 1 saturated carbocycles. The summed E-state index contributed by atoms with van der Waals surface area (Å²) in [5.74, 6) is 1.75. The van der Waals surface area contributed by atoms with Gasteiger partial charge in [-0.1, -0.05) is 19.9 Å². The number of anilines is 1. The van der Waals surface area contributed by atoms with Gasteiger partial charge in [0.2, 0.25) is 0 Å². The highest BCUT2D eigenvalue weighted by Crippen LogP contribution is 2.38. The SMILES string of the molecule is CC1CC(C)CC(Sc2cccc(N)c2)C1. The molecule has 1 nitrogen and oxygen atoms in total. The first-order valence-corrected chi connectivity index (χ1v) is 7.03. The lowest BCUT2D eigenvalue weighted by Gasteiger charge is -2.31. The zero-order valence-corrected chi connectivity index (χ0v) is 11.0. The molecule has 2 heteroatoms. The molecular weight excluding hydrogens is 214 g/mol. The third kappa shape index (κ3) is 3.18. The van der Waals surface area contributed by atoms with Crippen LogP contribution in [0, 0.1) is 11.8 Å². The van der Waals surface area contributed by atoms with Crippen LogP contribution in [0.3, 0.4) is 0 Å². The number of hydrogen-bond donors (Lipinski definition) is 1. The van der Waals surface area contributed by atoms with E-state index in [4.69, 9.17) is 5.73 Å². The van der Waals surface area contributed by atoms with Crippen LogP contribution in [0.4, 0.5) is 5.69 Å². The van der Waals surface area contributed by atoms with Crippen molar-refractivity contribution < 1.29 is 0 Å². The molecule has 0 bridgehead atoms. The van der Waals surface area contributed by atoms with Crippen LogP contribution in [0.15, 0.2) is 29.2 Å². The van der Waals surface area contributed by atoms with Crippen LogP contribution in [0.1, 0.15) is 33.1 Å². The lowest BCUT2D eigenvalue weighted by Crippen LogP contribution is -2.21. The van der Waals surface area contributed by atoms with Crippen LogP contribution in [0.5, 0.6) is 0 Å². The molecule has 0 spiro atoms. The summed E-state index contributed by atoms with van der Waals surface area (Å²) >= 11 is 2.01. The minimum Gasteiger partial charge on any atom is -0.399 e. The molecule has 0 heterocycles. The van der Waals surface area contributed by atoms with Gasteiger partial charge >= 0.3 is 0 Å². The lowest BCUT2D eigenvalue weighted by atomic mass is 9.83. The van der Waals surface area contributed by atoms with Crippen LogP contribution in [-0.4, -0.2) is 5.25 Å². The Bertz CT molecular complexity index is 340. The van der Waals surface area contributed by atoms with Crippen LogP contribution >= 0.6 is 11.8 Å². The summed E-state index contributed by atoms with van der Waals surface area (Å²) in [6.45, 7) is 4.76. The second-order valence-corrected chi connectivity index (χ2v) is 6.60. The standard InChI is InChI=1S/C14H21NS/c1-10-6-11(2)8-14(7-10)16-13-5-3-4-12(15)9-13/h3-5,9-11,14H,6-8,15H2,1-2H3. The molecule has 0 aliphatic heterocycles. The van der Waals surface area contributed by atoms with Gasteiger partial charge in [0, 0.05) is 15.8 Å². The number of nitrogen functional groups attached to an aromatic ring is 1. The molecule has 1 aliphatic carbocycles. The maximum atomic E-state index is 5.80. The highest BCUT2D eigenvalue weighted by molar-refractivity contribution is 8.00. The van der Waals surface area contributed by atoms with Gasteiger partial charge in [0.1, 0.15) is 0 Å². The third-order valence-corrected chi connectivity index (χ3v) is 4.54. The maximum Gasteiger partial charge on any atom is 0.0325 e. The predicted molar refractivity (Wildman–Crippen MR) is 72.7 cm³/mol. The summed E-state index contributed by atoms with van der Waals surface area (Å²) in [5.41, 5.74) is 6.68. The Balaban J connectivity index is 1.98. The van der Waals surface area contributed by atoms with Crippen LogP contribution in [0.2, 0.25) is 0 Å². The van der Waals surface area contributed by atoms with Gasteiger partial charge in [-0.25, -0.2) is 0 Å². The fraction of sp³-hybridized carbons (Fsp3) is 0.571. The van der Waals surface area contributed by atoms with E-state index in [1.807, 2.05) is 23.9 Å². The van der Waals surface area contributed by atoms with Crippen molar-refractivity contribution >= 4 is 17.4 Å². The van der Waals surface area contributed by atoms with Crippen molar-refractivity contribution in [3.05, 3.63) is 24.3 Å². The molecule has 0 aromatic heterocycles.